The summed E-state index contributed by atoms with van der Waals surface area (Å²) in [5, 5.41) is 25.3. The Bertz CT molecular complexity index is 939. The summed E-state index contributed by atoms with van der Waals surface area (Å²) in [5.74, 6) is 1.40. The van der Waals surface area contributed by atoms with Crippen molar-refractivity contribution in [2.45, 2.75) is 58.1 Å². The van der Waals surface area contributed by atoms with Gasteiger partial charge in [0, 0.05) is 19.5 Å². The molecule has 0 bridgehead atoms. The average Bonchev–Trinajstić information content (AvgIpc) is 3.23. The van der Waals surface area contributed by atoms with Crippen molar-refractivity contribution in [1.82, 2.24) is 19.5 Å². The summed E-state index contributed by atoms with van der Waals surface area (Å²) in [6.07, 6.45) is 2.01. The van der Waals surface area contributed by atoms with Crippen LogP contribution in [0.3, 0.4) is 0 Å². The van der Waals surface area contributed by atoms with E-state index >= 15 is 0 Å². The van der Waals surface area contributed by atoms with Gasteiger partial charge in [-0.25, -0.2) is 4.98 Å². The summed E-state index contributed by atoms with van der Waals surface area (Å²) in [6, 6.07) is 8.62. The molecule has 6 nitrogen and oxygen atoms in total. The molecule has 2 aromatic heterocycles. The van der Waals surface area contributed by atoms with E-state index in [4.69, 9.17) is 0 Å². The van der Waals surface area contributed by atoms with E-state index in [1.807, 2.05) is 6.92 Å². The maximum absolute atomic E-state index is 11.0. The van der Waals surface area contributed by atoms with Crippen molar-refractivity contribution in [2.24, 2.45) is 0 Å². The number of aryl methyl sites for hydroxylation is 1. The third-order valence-corrected chi connectivity index (χ3v) is 6.66. The third kappa shape index (κ3) is 3.54. The van der Waals surface area contributed by atoms with Gasteiger partial charge in [-0.05, 0) is 29.9 Å². The number of fused-ring (bicyclic) bond motifs is 1. The van der Waals surface area contributed by atoms with Gasteiger partial charge in [-0.15, -0.1) is 5.10 Å². The lowest BCUT2D eigenvalue weighted by Gasteiger charge is -2.36. The topological polar surface area (TPSA) is 73.9 Å². The first-order chi connectivity index (χ1) is 13.5. The number of aromatic nitrogens is 3. The second kappa shape index (κ2) is 7.81. The number of piperidine rings is 1. The summed E-state index contributed by atoms with van der Waals surface area (Å²) in [5.41, 5.74) is 2.45. The van der Waals surface area contributed by atoms with Gasteiger partial charge in [-0.3, -0.25) is 4.90 Å². The molecule has 0 amide bonds. The lowest BCUT2D eigenvalue weighted by atomic mass is 9.96. The van der Waals surface area contributed by atoms with E-state index in [1.54, 1.807) is 4.52 Å². The fraction of sp³-hybridized carbons (Fsp3) is 0.524. The molecular formula is C21H28N4O2S. The van der Waals surface area contributed by atoms with Gasteiger partial charge in [0.1, 0.15) is 0 Å². The zero-order valence-electron chi connectivity index (χ0n) is 16.7. The Morgan fingerprint density at radius 1 is 1.14 bits per heavy atom. The van der Waals surface area contributed by atoms with Crippen LogP contribution in [0.25, 0.3) is 4.96 Å². The van der Waals surface area contributed by atoms with Crippen molar-refractivity contribution in [3.63, 3.8) is 0 Å². The van der Waals surface area contributed by atoms with E-state index in [0.717, 1.165) is 53.6 Å². The molecule has 2 N–H and O–H groups in total. The predicted octanol–water partition coefficient (Wildman–Crippen LogP) is 3.73. The first-order valence-electron chi connectivity index (χ1n) is 10.1. The Morgan fingerprint density at radius 3 is 2.36 bits per heavy atom. The van der Waals surface area contributed by atoms with Gasteiger partial charge in [0.05, 0.1) is 17.0 Å². The fourth-order valence-corrected chi connectivity index (χ4v) is 4.99. The van der Waals surface area contributed by atoms with Crippen LogP contribution in [-0.2, 0) is 6.42 Å². The highest BCUT2D eigenvalue weighted by Crippen LogP contribution is 2.41. The first-order valence-corrected chi connectivity index (χ1v) is 10.9. The van der Waals surface area contributed by atoms with E-state index < -0.39 is 0 Å². The summed E-state index contributed by atoms with van der Waals surface area (Å²) in [6.45, 7) is 7.98. The fourth-order valence-electron chi connectivity index (χ4n) is 3.85. The molecule has 0 spiro atoms. The van der Waals surface area contributed by atoms with Crippen LogP contribution in [0.1, 0.15) is 67.4 Å². The van der Waals surface area contributed by atoms with Gasteiger partial charge < -0.3 is 10.2 Å². The van der Waals surface area contributed by atoms with Crippen molar-refractivity contribution in [3.05, 3.63) is 46.1 Å². The number of rotatable bonds is 5. The highest BCUT2D eigenvalue weighted by Gasteiger charge is 2.31. The molecule has 0 unspecified atom stereocenters. The van der Waals surface area contributed by atoms with Crippen LogP contribution in [0.4, 0.5) is 0 Å². The first kappa shape index (κ1) is 19.4. The summed E-state index contributed by atoms with van der Waals surface area (Å²) in [4.78, 5) is 8.48. The number of aliphatic hydroxyl groups excluding tert-OH is 1. The second-order valence-corrected chi connectivity index (χ2v) is 8.87. The summed E-state index contributed by atoms with van der Waals surface area (Å²) in [7, 11) is 0. The van der Waals surface area contributed by atoms with Crippen molar-refractivity contribution in [3.8, 4) is 5.88 Å². The molecule has 1 aliphatic rings. The number of aliphatic hydroxyl groups is 1. The largest absolute Gasteiger partial charge is 0.492 e. The molecule has 150 valence electrons. The van der Waals surface area contributed by atoms with E-state index in [1.165, 1.54) is 16.9 Å². The van der Waals surface area contributed by atoms with Crippen molar-refractivity contribution >= 4 is 16.3 Å². The Hall–Kier alpha value is -1.96. The lowest BCUT2D eigenvalue weighted by Crippen LogP contribution is -2.38. The zero-order chi connectivity index (χ0) is 19.8. The molecule has 7 heteroatoms. The smallest absolute Gasteiger partial charge is 0.230 e. The number of nitrogens with zero attached hydrogens (tertiary/aromatic N) is 4. The quantitative estimate of drug-likeness (QED) is 0.683. The second-order valence-electron chi connectivity index (χ2n) is 7.86. The van der Waals surface area contributed by atoms with E-state index in [0.29, 0.717) is 5.92 Å². The Morgan fingerprint density at radius 2 is 1.79 bits per heavy atom. The van der Waals surface area contributed by atoms with Crippen LogP contribution in [0.5, 0.6) is 5.88 Å². The van der Waals surface area contributed by atoms with E-state index in [2.05, 4.69) is 53.1 Å². The number of thiazole rings is 1. The van der Waals surface area contributed by atoms with E-state index in [-0.39, 0.29) is 18.0 Å². The van der Waals surface area contributed by atoms with Crippen LogP contribution >= 0.6 is 11.3 Å². The molecule has 1 atom stereocenters. The molecule has 1 aliphatic heterocycles. The maximum Gasteiger partial charge on any atom is 0.230 e. The van der Waals surface area contributed by atoms with Gasteiger partial charge in [-0.1, -0.05) is 56.4 Å². The van der Waals surface area contributed by atoms with Gasteiger partial charge in [0.25, 0.3) is 0 Å². The van der Waals surface area contributed by atoms with Crippen LogP contribution in [-0.4, -0.2) is 48.9 Å². The van der Waals surface area contributed by atoms with Crippen LogP contribution < -0.4 is 0 Å². The van der Waals surface area contributed by atoms with Crippen molar-refractivity contribution in [1.29, 1.82) is 0 Å². The molecule has 0 saturated carbocycles. The van der Waals surface area contributed by atoms with Crippen LogP contribution in [0, 0.1) is 0 Å². The molecule has 3 aromatic rings. The number of hydrogen-bond acceptors (Lipinski definition) is 6. The van der Waals surface area contributed by atoms with Crippen molar-refractivity contribution in [2.75, 3.05) is 13.1 Å². The SMILES string of the molecule is CCc1nc2sc([C@H](c3ccc(C(C)C)cc3)N3CCC(O)CC3)c(O)n2n1. The number of benzene rings is 1. The normalized spacial score (nSPS) is 17.6. The lowest BCUT2D eigenvalue weighted by molar-refractivity contribution is 0.0689. The Kier molecular flexibility index (Phi) is 5.40. The molecule has 1 saturated heterocycles. The zero-order valence-corrected chi connectivity index (χ0v) is 17.5. The van der Waals surface area contributed by atoms with Gasteiger partial charge in [0.15, 0.2) is 5.82 Å². The van der Waals surface area contributed by atoms with Gasteiger partial charge >= 0.3 is 0 Å². The third-order valence-electron chi connectivity index (χ3n) is 5.59. The molecule has 4 rings (SSSR count). The number of aromatic hydroxyl groups is 1. The number of hydrogen-bond donors (Lipinski definition) is 2. The summed E-state index contributed by atoms with van der Waals surface area (Å²) < 4.78 is 1.56. The van der Waals surface area contributed by atoms with Crippen molar-refractivity contribution < 1.29 is 10.2 Å². The van der Waals surface area contributed by atoms with Crippen LogP contribution in [0.15, 0.2) is 24.3 Å². The standard InChI is InChI=1S/C21H28N4O2S/c1-4-17-22-21-25(23-17)20(27)19(28-21)18(24-11-9-16(26)10-12-24)15-7-5-14(6-8-15)13(2)3/h5-8,13,16,18,26-27H,4,9-12H2,1-3H3/t18-/m0/s1. The minimum absolute atomic E-state index is 0.0627. The average molecular weight is 401 g/mol. The monoisotopic (exact) mass is 400 g/mol. The van der Waals surface area contributed by atoms with Gasteiger partial charge in [-0.2, -0.15) is 4.52 Å². The molecular weight excluding hydrogens is 372 g/mol. The van der Waals surface area contributed by atoms with Crippen LogP contribution in [0.2, 0.25) is 0 Å². The molecule has 3 heterocycles. The highest BCUT2D eigenvalue weighted by atomic mass is 32.1. The molecule has 1 fully saturated rings. The molecule has 1 aromatic carbocycles. The highest BCUT2D eigenvalue weighted by molar-refractivity contribution is 7.17. The number of likely N-dealkylation sites (tertiary alicyclic amines) is 1. The minimum atomic E-state index is -0.233. The molecule has 0 aliphatic carbocycles. The maximum atomic E-state index is 11.0. The summed E-state index contributed by atoms with van der Waals surface area (Å²) >= 11 is 1.50. The van der Waals surface area contributed by atoms with Gasteiger partial charge in [0.2, 0.25) is 10.8 Å². The Labute approximate surface area is 169 Å². The Balaban J connectivity index is 1.76. The van der Waals surface area contributed by atoms with E-state index in [9.17, 15) is 10.2 Å². The predicted molar refractivity (Wildman–Crippen MR) is 111 cm³/mol. The molecule has 0 radical (unpaired) electrons. The molecule has 28 heavy (non-hydrogen) atoms. The minimum Gasteiger partial charge on any atom is -0.492 e.